The van der Waals surface area contributed by atoms with Gasteiger partial charge in [-0.15, -0.1) is 0 Å². The second-order valence-electron chi connectivity index (χ2n) is 4.57. The van der Waals surface area contributed by atoms with E-state index in [0.717, 1.165) is 16.0 Å². The van der Waals surface area contributed by atoms with Crippen molar-refractivity contribution in [1.29, 1.82) is 0 Å². The van der Waals surface area contributed by atoms with Crippen LogP contribution in [0.5, 0.6) is 0 Å². The topological polar surface area (TPSA) is 29.4 Å². The Kier molecular flexibility index (Phi) is 3.24. The van der Waals surface area contributed by atoms with Gasteiger partial charge in [0.25, 0.3) is 0 Å². The molecule has 0 amide bonds. The van der Waals surface area contributed by atoms with Crippen LogP contribution in [0.15, 0.2) is 21.4 Å². The Morgan fingerprint density at radius 2 is 1.81 bits per heavy atom. The number of rotatable bonds is 3. The van der Waals surface area contributed by atoms with Gasteiger partial charge in [0.05, 0.1) is 4.90 Å². The molecule has 0 saturated heterocycles. The molecule has 0 aromatic heterocycles. The van der Waals surface area contributed by atoms with E-state index in [1.165, 1.54) is 18.4 Å². The fourth-order valence-electron chi connectivity index (χ4n) is 1.88. The van der Waals surface area contributed by atoms with Gasteiger partial charge in [-0.05, 0) is 50.7 Å². The van der Waals surface area contributed by atoms with Crippen molar-refractivity contribution in [3.63, 3.8) is 0 Å². The van der Waals surface area contributed by atoms with Crippen LogP contribution >= 0.6 is 0 Å². The van der Waals surface area contributed by atoms with Gasteiger partial charge in [0.1, 0.15) is 0 Å². The van der Waals surface area contributed by atoms with E-state index in [9.17, 15) is 4.21 Å². The summed E-state index contributed by atoms with van der Waals surface area (Å²) in [5.74, 6) is 0.579. The van der Waals surface area contributed by atoms with Gasteiger partial charge in [0.2, 0.25) is 0 Å². The third-order valence-electron chi connectivity index (χ3n) is 2.77. The van der Waals surface area contributed by atoms with Crippen LogP contribution in [0.3, 0.4) is 0 Å². The number of aryl methyl sites for hydroxylation is 3. The van der Waals surface area contributed by atoms with Crippen LogP contribution in [0.1, 0.15) is 29.5 Å². The van der Waals surface area contributed by atoms with Gasteiger partial charge in [-0.1, -0.05) is 17.7 Å². The molecule has 1 aromatic rings. The summed E-state index contributed by atoms with van der Waals surface area (Å²) < 4.78 is 16.2. The molecule has 1 aliphatic carbocycles. The van der Waals surface area contributed by atoms with Crippen molar-refractivity contribution in [2.75, 3.05) is 0 Å². The number of hydrogen-bond acceptors (Lipinski definition) is 1. The van der Waals surface area contributed by atoms with E-state index in [0.29, 0.717) is 5.92 Å². The van der Waals surface area contributed by atoms with E-state index in [2.05, 4.69) is 23.5 Å². The molecule has 1 saturated carbocycles. The molecule has 1 aliphatic rings. The zero-order valence-corrected chi connectivity index (χ0v) is 10.8. The van der Waals surface area contributed by atoms with E-state index in [1.807, 2.05) is 20.1 Å². The summed E-state index contributed by atoms with van der Waals surface area (Å²) in [7, 11) is -1.23. The second kappa shape index (κ2) is 4.50. The first-order valence-corrected chi connectivity index (χ1v) is 6.72. The van der Waals surface area contributed by atoms with Crippen molar-refractivity contribution < 1.29 is 4.21 Å². The SMILES string of the molecule is Cc1cc(C)c([S@](=O)/N=C/C2CC2)c(C)c1. The van der Waals surface area contributed by atoms with Gasteiger partial charge in [0.15, 0.2) is 11.0 Å². The lowest BCUT2D eigenvalue weighted by atomic mass is 10.1. The van der Waals surface area contributed by atoms with Gasteiger partial charge < -0.3 is 0 Å². The molecular weight excluding hydrogens is 218 g/mol. The van der Waals surface area contributed by atoms with E-state index in [4.69, 9.17) is 0 Å². The fourth-order valence-corrected chi connectivity index (χ4v) is 2.94. The van der Waals surface area contributed by atoms with E-state index < -0.39 is 11.0 Å². The molecule has 0 heterocycles. The van der Waals surface area contributed by atoms with Crippen LogP contribution in [0.2, 0.25) is 0 Å². The normalized spacial score (nSPS) is 17.9. The lowest BCUT2D eigenvalue weighted by Crippen LogP contribution is -1.97. The molecule has 0 radical (unpaired) electrons. The highest BCUT2D eigenvalue weighted by Gasteiger charge is 2.19. The molecule has 0 spiro atoms. The zero-order valence-electron chi connectivity index (χ0n) is 9.99. The first kappa shape index (κ1) is 11.5. The second-order valence-corrected chi connectivity index (χ2v) is 5.69. The molecule has 86 valence electrons. The van der Waals surface area contributed by atoms with Gasteiger partial charge in [0, 0.05) is 6.21 Å². The van der Waals surface area contributed by atoms with Gasteiger partial charge >= 0.3 is 0 Å². The predicted molar refractivity (Wildman–Crippen MR) is 68.3 cm³/mol. The van der Waals surface area contributed by atoms with Crippen molar-refractivity contribution in [3.05, 3.63) is 28.8 Å². The lowest BCUT2D eigenvalue weighted by Gasteiger charge is -2.07. The van der Waals surface area contributed by atoms with E-state index in [1.54, 1.807) is 0 Å². The van der Waals surface area contributed by atoms with Gasteiger partial charge in [-0.3, -0.25) is 0 Å². The minimum atomic E-state index is -1.23. The molecule has 0 aliphatic heterocycles. The van der Waals surface area contributed by atoms with Crippen molar-refractivity contribution in [2.24, 2.45) is 10.3 Å². The summed E-state index contributed by atoms with van der Waals surface area (Å²) in [6.07, 6.45) is 4.26. The highest BCUT2D eigenvalue weighted by Crippen LogP contribution is 2.27. The van der Waals surface area contributed by atoms with Crippen LogP contribution in [-0.4, -0.2) is 10.4 Å². The standard InChI is InChI=1S/C13H17NOS/c1-9-6-10(2)13(11(3)7-9)16(15)14-8-12-4-5-12/h6-8,12H,4-5H2,1-3H3/b14-8+/t16-/m0/s1. The summed E-state index contributed by atoms with van der Waals surface area (Å²) in [4.78, 5) is 0.877. The van der Waals surface area contributed by atoms with Crippen molar-refractivity contribution >= 4 is 17.2 Å². The largest absolute Gasteiger partial charge is 0.229 e. The Balaban J connectivity index is 2.28. The van der Waals surface area contributed by atoms with Crippen LogP contribution < -0.4 is 0 Å². The monoisotopic (exact) mass is 235 g/mol. The maximum absolute atomic E-state index is 12.0. The minimum Gasteiger partial charge on any atom is -0.229 e. The third-order valence-corrected chi connectivity index (χ3v) is 4.08. The zero-order chi connectivity index (χ0) is 11.7. The molecule has 0 bridgehead atoms. The minimum absolute atomic E-state index is 0.579. The molecular formula is C13H17NOS. The Labute approximate surface area is 99.4 Å². The Hall–Kier alpha value is -0.960. The highest BCUT2D eigenvalue weighted by molar-refractivity contribution is 7.84. The van der Waals surface area contributed by atoms with Gasteiger partial charge in [-0.2, -0.15) is 4.40 Å². The predicted octanol–water partition coefficient (Wildman–Crippen LogP) is 3.12. The summed E-state index contributed by atoms with van der Waals surface area (Å²) in [5, 5.41) is 0. The van der Waals surface area contributed by atoms with E-state index in [-0.39, 0.29) is 0 Å². The van der Waals surface area contributed by atoms with Crippen molar-refractivity contribution in [1.82, 2.24) is 0 Å². The summed E-state index contributed by atoms with van der Waals surface area (Å²) in [5.41, 5.74) is 3.36. The molecule has 1 atom stereocenters. The first-order valence-electron chi connectivity index (χ1n) is 5.62. The molecule has 2 nitrogen and oxygen atoms in total. The van der Waals surface area contributed by atoms with Crippen LogP contribution in [0, 0.1) is 26.7 Å². The molecule has 2 rings (SSSR count). The molecule has 3 heteroatoms. The van der Waals surface area contributed by atoms with Crippen molar-refractivity contribution in [3.8, 4) is 0 Å². The summed E-state index contributed by atoms with van der Waals surface area (Å²) in [6, 6.07) is 4.12. The maximum Gasteiger partial charge on any atom is 0.172 e. The Morgan fingerprint density at radius 1 is 1.25 bits per heavy atom. The molecule has 16 heavy (non-hydrogen) atoms. The summed E-state index contributed by atoms with van der Waals surface area (Å²) >= 11 is 0. The number of benzene rings is 1. The Morgan fingerprint density at radius 3 is 2.31 bits per heavy atom. The van der Waals surface area contributed by atoms with Gasteiger partial charge in [-0.25, -0.2) is 4.21 Å². The van der Waals surface area contributed by atoms with Crippen LogP contribution in [-0.2, 0) is 11.0 Å². The van der Waals surface area contributed by atoms with Crippen molar-refractivity contribution in [2.45, 2.75) is 38.5 Å². The average Bonchev–Trinajstić information content (AvgIpc) is 2.96. The quantitative estimate of drug-likeness (QED) is 0.740. The summed E-state index contributed by atoms with van der Waals surface area (Å²) in [6.45, 7) is 6.06. The highest BCUT2D eigenvalue weighted by atomic mass is 32.2. The lowest BCUT2D eigenvalue weighted by molar-refractivity contribution is 0.683. The molecule has 0 unspecified atom stereocenters. The average molecular weight is 235 g/mol. The van der Waals surface area contributed by atoms with E-state index >= 15 is 0 Å². The molecule has 1 aromatic carbocycles. The van der Waals surface area contributed by atoms with Crippen LogP contribution in [0.25, 0.3) is 0 Å². The smallest absolute Gasteiger partial charge is 0.172 e. The van der Waals surface area contributed by atoms with Crippen LogP contribution in [0.4, 0.5) is 0 Å². The molecule has 0 N–H and O–H groups in total. The molecule has 1 fully saturated rings. The third kappa shape index (κ3) is 2.59. The first-order chi connectivity index (χ1) is 7.58. The fraction of sp³-hybridized carbons (Fsp3) is 0.462. The Bertz CT molecular complexity index is 438. The number of nitrogens with zero attached hydrogens (tertiary/aromatic N) is 1. The number of hydrogen-bond donors (Lipinski definition) is 0. The maximum atomic E-state index is 12.0.